The molecule has 2 aliphatic carbocycles. The quantitative estimate of drug-likeness (QED) is 0.239. The number of amides is 1. The molecule has 8 heteroatoms. The number of carbonyl (C=O) groups excluding carboxylic acids is 2. The first-order valence-electron chi connectivity index (χ1n) is 17.4. The van der Waals surface area contributed by atoms with Gasteiger partial charge in [-0.3, -0.25) is 4.79 Å². The normalized spacial score (nSPS) is 25.3. The van der Waals surface area contributed by atoms with Gasteiger partial charge < -0.3 is 29.3 Å². The van der Waals surface area contributed by atoms with E-state index in [1.54, 1.807) is 7.11 Å². The topological polar surface area (TPSA) is 80.3 Å². The van der Waals surface area contributed by atoms with Crippen molar-refractivity contribution >= 4 is 17.6 Å². The Kier molecular flexibility index (Phi) is 9.41. The van der Waals surface area contributed by atoms with Crippen molar-refractivity contribution in [2.45, 2.75) is 89.2 Å². The smallest absolute Gasteiger partial charge is 0.338 e. The molecule has 0 aromatic heterocycles. The minimum absolute atomic E-state index is 0.0957. The summed E-state index contributed by atoms with van der Waals surface area (Å²) >= 11 is 0. The summed E-state index contributed by atoms with van der Waals surface area (Å²) in [7, 11) is 5.55. The Morgan fingerprint density at radius 1 is 1.00 bits per heavy atom. The molecule has 46 heavy (non-hydrogen) atoms. The van der Waals surface area contributed by atoms with E-state index in [-0.39, 0.29) is 29.8 Å². The SMILES string of the molecule is CNCCOCCN(C)C(=O)[C@@]12CC[C@@H]1c1cc(OC)ccc1C1C(C3CCCCC3)c3ccc(C(=O)OC(C)(C)C)cc3N1C2. The van der Waals surface area contributed by atoms with Crippen LogP contribution in [0.3, 0.4) is 0 Å². The van der Waals surface area contributed by atoms with Crippen molar-refractivity contribution in [3.63, 3.8) is 0 Å². The fourth-order valence-corrected chi connectivity index (χ4v) is 8.72. The Balaban J connectivity index is 1.44. The molecule has 2 unspecified atom stereocenters. The highest BCUT2D eigenvalue weighted by Gasteiger charge is 2.60. The predicted molar refractivity (Wildman–Crippen MR) is 181 cm³/mol. The van der Waals surface area contributed by atoms with Crippen molar-refractivity contribution in [1.82, 2.24) is 10.2 Å². The maximum absolute atomic E-state index is 14.7. The highest BCUT2D eigenvalue weighted by molar-refractivity contribution is 5.92. The van der Waals surface area contributed by atoms with E-state index in [9.17, 15) is 9.59 Å². The zero-order valence-corrected chi connectivity index (χ0v) is 28.7. The van der Waals surface area contributed by atoms with E-state index in [1.165, 1.54) is 48.8 Å². The Morgan fingerprint density at radius 3 is 2.43 bits per heavy atom. The molecular weight excluding hydrogens is 578 g/mol. The monoisotopic (exact) mass is 631 g/mol. The van der Waals surface area contributed by atoms with Crippen molar-refractivity contribution in [2.75, 3.05) is 59.0 Å². The summed E-state index contributed by atoms with van der Waals surface area (Å²) in [5, 5.41) is 3.11. The summed E-state index contributed by atoms with van der Waals surface area (Å²) in [6, 6.07) is 12.9. The number of hydrogen-bond donors (Lipinski definition) is 1. The van der Waals surface area contributed by atoms with Crippen molar-refractivity contribution in [1.29, 1.82) is 0 Å². The zero-order chi connectivity index (χ0) is 32.6. The number of fused-ring (bicyclic) bond motifs is 7. The van der Waals surface area contributed by atoms with Crippen LogP contribution in [-0.2, 0) is 14.3 Å². The number of esters is 1. The second-order valence-electron chi connectivity index (χ2n) is 15.0. The molecule has 0 radical (unpaired) electrons. The summed E-state index contributed by atoms with van der Waals surface area (Å²) in [5.41, 5.74) is 4.37. The molecule has 4 atom stereocenters. The van der Waals surface area contributed by atoms with Gasteiger partial charge >= 0.3 is 5.97 Å². The van der Waals surface area contributed by atoms with Gasteiger partial charge in [0.15, 0.2) is 0 Å². The number of carbonyl (C=O) groups is 2. The second kappa shape index (κ2) is 13.2. The zero-order valence-electron chi connectivity index (χ0n) is 28.7. The van der Waals surface area contributed by atoms with Gasteiger partial charge in [-0.15, -0.1) is 0 Å². The molecule has 0 spiro atoms. The molecule has 2 aromatic carbocycles. The molecule has 6 rings (SSSR count). The molecule has 8 nitrogen and oxygen atoms in total. The van der Waals surface area contributed by atoms with Crippen LogP contribution in [0.4, 0.5) is 5.69 Å². The van der Waals surface area contributed by atoms with Gasteiger partial charge in [0.05, 0.1) is 37.3 Å². The third-order valence-corrected chi connectivity index (χ3v) is 11.0. The predicted octanol–water partition coefficient (Wildman–Crippen LogP) is 6.45. The van der Waals surface area contributed by atoms with Crippen LogP contribution in [0.25, 0.3) is 0 Å². The van der Waals surface area contributed by atoms with Gasteiger partial charge in [-0.1, -0.05) is 31.4 Å². The maximum Gasteiger partial charge on any atom is 0.338 e. The fraction of sp³-hybridized carbons (Fsp3) is 0.632. The van der Waals surface area contributed by atoms with Gasteiger partial charge in [0.1, 0.15) is 11.4 Å². The first-order valence-corrected chi connectivity index (χ1v) is 17.4. The molecule has 250 valence electrons. The van der Waals surface area contributed by atoms with Crippen molar-refractivity contribution in [3.05, 3.63) is 58.7 Å². The van der Waals surface area contributed by atoms with Crippen molar-refractivity contribution < 1.29 is 23.8 Å². The minimum atomic E-state index is -0.582. The number of hydrogen-bond acceptors (Lipinski definition) is 7. The average molecular weight is 632 g/mol. The third kappa shape index (κ3) is 6.03. The van der Waals surface area contributed by atoms with E-state index in [0.717, 1.165) is 30.8 Å². The standard InChI is InChI=1S/C38H53N3O5/c1-37(2,3)46-35(42)26-12-14-29-32(22-26)41-24-38(36(43)40(5)19-21-45-20-18-39-4)17-16-31(38)30-23-27(44-6)13-15-28(30)34(41)33(29)25-10-8-7-9-11-25/h12-15,22-23,25,31,33-34,39H,7-11,16-21,24H2,1-6H3/t31-,33?,34?,38-/m1/s1. The lowest BCUT2D eigenvalue weighted by molar-refractivity contribution is -0.148. The number of benzene rings is 2. The third-order valence-electron chi connectivity index (χ3n) is 11.0. The Morgan fingerprint density at radius 2 is 1.76 bits per heavy atom. The van der Waals surface area contributed by atoms with Crippen LogP contribution in [0.15, 0.2) is 36.4 Å². The van der Waals surface area contributed by atoms with Crippen molar-refractivity contribution in [3.8, 4) is 5.75 Å². The van der Waals surface area contributed by atoms with Crippen molar-refractivity contribution in [2.24, 2.45) is 11.3 Å². The van der Waals surface area contributed by atoms with Gasteiger partial charge in [-0.2, -0.15) is 0 Å². The van der Waals surface area contributed by atoms with Crippen LogP contribution in [0.2, 0.25) is 0 Å². The second-order valence-corrected chi connectivity index (χ2v) is 15.0. The first kappa shape index (κ1) is 32.8. The molecule has 4 aliphatic rings. The number of nitrogens with one attached hydrogen (secondary N) is 1. The molecule has 1 amide bonds. The highest BCUT2D eigenvalue weighted by atomic mass is 16.6. The van der Waals surface area contributed by atoms with Gasteiger partial charge in [0.25, 0.3) is 0 Å². The largest absolute Gasteiger partial charge is 0.497 e. The molecule has 2 aliphatic heterocycles. The summed E-state index contributed by atoms with van der Waals surface area (Å²) in [6.07, 6.45) is 8.01. The van der Waals surface area contributed by atoms with E-state index in [0.29, 0.717) is 37.8 Å². The van der Waals surface area contributed by atoms with E-state index in [1.807, 2.05) is 45.8 Å². The first-order chi connectivity index (χ1) is 22.1. The summed E-state index contributed by atoms with van der Waals surface area (Å²) in [5.74, 6) is 1.65. The maximum atomic E-state index is 14.7. The minimum Gasteiger partial charge on any atom is -0.497 e. The number of anilines is 1. The lowest BCUT2D eigenvalue weighted by Crippen LogP contribution is -2.56. The van der Waals surface area contributed by atoms with Gasteiger partial charge in [-0.25, -0.2) is 4.79 Å². The molecule has 2 fully saturated rings. The number of nitrogens with zero attached hydrogens (tertiary/aromatic N) is 2. The molecule has 2 heterocycles. The van der Waals surface area contributed by atoms with E-state index < -0.39 is 11.0 Å². The number of methoxy groups -OCH3 is 1. The number of ether oxygens (including phenoxy) is 3. The number of likely N-dealkylation sites (N-methyl/N-ethyl adjacent to an activating group) is 2. The van der Waals surface area contributed by atoms with E-state index in [4.69, 9.17) is 14.2 Å². The van der Waals surface area contributed by atoms with Gasteiger partial charge in [-0.05, 0) is 100 Å². The van der Waals surface area contributed by atoms with Gasteiger partial charge in [0, 0.05) is 44.2 Å². The number of rotatable bonds is 10. The fourth-order valence-electron chi connectivity index (χ4n) is 8.72. The highest BCUT2D eigenvalue weighted by Crippen LogP contribution is 2.64. The summed E-state index contributed by atoms with van der Waals surface area (Å²) < 4.78 is 17.4. The van der Waals surface area contributed by atoms with Crippen LogP contribution < -0.4 is 15.0 Å². The molecule has 2 aromatic rings. The molecule has 1 N–H and O–H groups in total. The Hall–Kier alpha value is -3.10. The lowest BCUT2D eigenvalue weighted by atomic mass is 9.56. The summed E-state index contributed by atoms with van der Waals surface area (Å²) in [4.78, 5) is 32.4. The lowest BCUT2D eigenvalue weighted by Gasteiger charge is -2.50. The molecule has 0 bridgehead atoms. The molecule has 2 saturated carbocycles. The van der Waals surface area contributed by atoms with E-state index in [2.05, 4.69) is 40.5 Å². The van der Waals surface area contributed by atoms with E-state index >= 15 is 0 Å². The Bertz CT molecular complexity index is 1430. The van der Waals surface area contributed by atoms with Crippen LogP contribution in [0.5, 0.6) is 5.75 Å². The van der Waals surface area contributed by atoms with Crippen LogP contribution in [0, 0.1) is 11.3 Å². The van der Waals surface area contributed by atoms with Gasteiger partial charge in [0.2, 0.25) is 5.91 Å². The Labute approximate surface area is 275 Å². The van der Waals surface area contributed by atoms with Crippen LogP contribution >= 0.6 is 0 Å². The van der Waals surface area contributed by atoms with Crippen LogP contribution in [0.1, 0.15) is 111 Å². The summed E-state index contributed by atoms with van der Waals surface area (Å²) in [6.45, 7) is 8.80. The average Bonchev–Trinajstić information content (AvgIpc) is 3.31. The molecular formula is C38H53N3O5. The molecule has 0 saturated heterocycles. The van der Waals surface area contributed by atoms with Crippen LogP contribution in [-0.4, -0.2) is 76.4 Å².